The lowest BCUT2D eigenvalue weighted by Gasteiger charge is -2.18. The van der Waals surface area contributed by atoms with Crippen molar-refractivity contribution in [2.24, 2.45) is 7.05 Å². The highest BCUT2D eigenvalue weighted by Crippen LogP contribution is 2.20. The van der Waals surface area contributed by atoms with Crippen molar-refractivity contribution in [2.75, 3.05) is 13.7 Å². The summed E-state index contributed by atoms with van der Waals surface area (Å²) in [7, 11) is 3.29. The van der Waals surface area contributed by atoms with Crippen molar-refractivity contribution in [2.45, 2.75) is 26.8 Å². The summed E-state index contributed by atoms with van der Waals surface area (Å²) >= 11 is 5.96. The van der Waals surface area contributed by atoms with Crippen molar-refractivity contribution in [1.82, 2.24) is 14.7 Å². The Morgan fingerprint density at radius 1 is 1.31 bits per heavy atom. The first-order valence-electron chi connectivity index (χ1n) is 8.02. The summed E-state index contributed by atoms with van der Waals surface area (Å²) in [6.07, 6.45) is 0.0433. The third-order valence-corrected chi connectivity index (χ3v) is 4.57. The lowest BCUT2D eigenvalue weighted by Crippen LogP contribution is -2.31. The molecule has 0 bridgehead atoms. The van der Waals surface area contributed by atoms with Crippen LogP contribution in [0.25, 0.3) is 0 Å². The van der Waals surface area contributed by atoms with E-state index in [-0.39, 0.29) is 23.6 Å². The van der Waals surface area contributed by atoms with E-state index in [1.807, 2.05) is 13.8 Å². The van der Waals surface area contributed by atoms with Gasteiger partial charge in [-0.15, -0.1) is 0 Å². The number of likely N-dealkylation sites (N-methyl/N-ethyl adjacent to an activating group) is 1. The number of halogens is 2. The largest absolute Gasteiger partial charge is 0.455 e. The number of ether oxygens (including phenoxy) is 1. The maximum atomic E-state index is 13.8. The molecule has 1 aromatic heterocycles. The predicted molar refractivity (Wildman–Crippen MR) is 95.2 cm³/mol. The number of esters is 1. The van der Waals surface area contributed by atoms with Gasteiger partial charge in [-0.1, -0.05) is 17.7 Å². The molecule has 0 fully saturated rings. The molecular weight excluding hydrogens is 361 g/mol. The van der Waals surface area contributed by atoms with Gasteiger partial charge in [-0.3, -0.25) is 14.3 Å². The molecule has 0 saturated carbocycles. The topological polar surface area (TPSA) is 64.4 Å². The molecule has 8 heteroatoms. The molecule has 0 unspecified atom stereocenters. The van der Waals surface area contributed by atoms with Gasteiger partial charge in [0.15, 0.2) is 6.61 Å². The van der Waals surface area contributed by atoms with Crippen molar-refractivity contribution in [3.63, 3.8) is 0 Å². The maximum Gasteiger partial charge on any atom is 0.310 e. The van der Waals surface area contributed by atoms with Crippen molar-refractivity contribution in [3.8, 4) is 0 Å². The second kappa shape index (κ2) is 8.31. The van der Waals surface area contributed by atoms with Gasteiger partial charge in [-0.2, -0.15) is 5.10 Å². The Morgan fingerprint density at radius 3 is 2.58 bits per heavy atom. The third kappa shape index (κ3) is 4.60. The van der Waals surface area contributed by atoms with Crippen LogP contribution in [0, 0.1) is 19.7 Å². The Balaban J connectivity index is 1.90. The first-order valence-corrected chi connectivity index (χ1v) is 8.40. The number of carbonyl (C=O) groups excluding carboxylic acids is 2. The Morgan fingerprint density at radius 2 is 2.00 bits per heavy atom. The molecule has 2 rings (SSSR count). The van der Waals surface area contributed by atoms with E-state index in [2.05, 4.69) is 5.10 Å². The molecule has 1 amide bonds. The zero-order chi connectivity index (χ0) is 19.4. The van der Waals surface area contributed by atoms with Gasteiger partial charge in [0.2, 0.25) is 0 Å². The average Bonchev–Trinajstić information content (AvgIpc) is 2.82. The fraction of sp³-hybridized carbons (Fsp3) is 0.389. The number of carbonyl (C=O) groups is 2. The maximum absolute atomic E-state index is 13.8. The third-order valence-electron chi connectivity index (χ3n) is 4.22. The van der Waals surface area contributed by atoms with Gasteiger partial charge >= 0.3 is 5.97 Å². The number of amides is 1. The van der Waals surface area contributed by atoms with Crippen LogP contribution in [0.3, 0.4) is 0 Å². The molecule has 0 N–H and O–H groups in total. The van der Waals surface area contributed by atoms with Crippen LogP contribution in [-0.2, 0) is 34.3 Å². The normalized spacial score (nSPS) is 10.7. The van der Waals surface area contributed by atoms with Crippen LogP contribution < -0.4 is 0 Å². The van der Waals surface area contributed by atoms with Gasteiger partial charge < -0.3 is 9.64 Å². The molecule has 1 aromatic carbocycles. The van der Waals surface area contributed by atoms with Crippen molar-refractivity contribution in [3.05, 3.63) is 51.6 Å². The molecule has 1 heterocycles. The zero-order valence-corrected chi connectivity index (χ0v) is 15.9. The SMILES string of the molecule is Cc1nn(C)c(C)c1CC(=O)OCC(=O)N(C)Cc1c(F)cccc1Cl. The van der Waals surface area contributed by atoms with Crippen molar-refractivity contribution >= 4 is 23.5 Å². The highest BCUT2D eigenvalue weighted by Gasteiger charge is 2.18. The van der Waals surface area contributed by atoms with Crippen molar-refractivity contribution in [1.29, 1.82) is 0 Å². The quantitative estimate of drug-likeness (QED) is 0.721. The van der Waals surface area contributed by atoms with Crippen LogP contribution in [0.2, 0.25) is 5.02 Å². The number of rotatable bonds is 6. The van der Waals surface area contributed by atoms with E-state index in [1.54, 1.807) is 17.8 Å². The Hall–Kier alpha value is -2.41. The molecule has 0 atom stereocenters. The summed E-state index contributed by atoms with van der Waals surface area (Å²) in [5.74, 6) is -1.45. The highest BCUT2D eigenvalue weighted by atomic mass is 35.5. The smallest absolute Gasteiger partial charge is 0.310 e. The summed E-state index contributed by atoms with van der Waals surface area (Å²) in [5.41, 5.74) is 2.63. The van der Waals surface area contributed by atoms with Crippen molar-refractivity contribution < 1.29 is 18.7 Å². The summed E-state index contributed by atoms with van der Waals surface area (Å²) in [6.45, 7) is 3.24. The van der Waals surface area contributed by atoms with E-state index in [9.17, 15) is 14.0 Å². The van der Waals surface area contributed by atoms with Crippen LogP contribution in [0.4, 0.5) is 4.39 Å². The second-order valence-corrected chi connectivity index (χ2v) is 6.47. The van der Waals surface area contributed by atoms with Crippen LogP contribution >= 0.6 is 11.6 Å². The molecule has 26 heavy (non-hydrogen) atoms. The number of benzene rings is 1. The summed E-state index contributed by atoms with van der Waals surface area (Å²) in [6, 6.07) is 4.32. The number of hydrogen-bond donors (Lipinski definition) is 0. The summed E-state index contributed by atoms with van der Waals surface area (Å²) in [5, 5.41) is 4.48. The predicted octanol–water partition coefficient (Wildman–Crippen LogP) is 2.57. The van der Waals surface area contributed by atoms with Crippen LogP contribution in [0.15, 0.2) is 18.2 Å². The number of aromatic nitrogens is 2. The van der Waals surface area contributed by atoms with Gasteiger partial charge in [0.05, 0.1) is 12.1 Å². The minimum absolute atomic E-state index is 0.0112. The van der Waals surface area contributed by atoms with E-state index >= 15 is 0 Å². The van der Waals surface area contributed by atoms with E-state index in [1.165, 1.54) is 24.1 Å². The van der Waals surface area contributed by atoms with E-state index in [0.29, 0.717) is 0 Å². The lowest BCUT2D eigenvalue weighted by atomic mass is 10.1. The minimum Gasteiger partial charge on any atom is -0.455 e. The van der Waals surface area contributed by atoms with Gasteiger partial charge in [0.1, 0.15) is 5.82 Å². The van der Waals surface area contributed by atoms with Crippen LogP contribution in [0.1, 0.15) is 22.5 Å². The van der Waals surface area contributed by atoms with E-state index in [0.717, 1.165) is 17.0 Å². The Bertz CT molecular complexity index is 815. The second-order valence-electron chi connectivity index (χ2n) is 6.06. The number of aryl methyl sites for hydroxylation is 2. The molecule has 6 nitrogen and oxygen atoms in total. The molecule has 0 spiro atoms. The molecule has 0 radical (unpaired) electrons. The number of nitrogens with zero attached hydrogens (tertiary/aromatic N) is 3. The Kier molecular flexibility index (Phi) is 6.37. The number of hydrogen-bond acceptors (Lipinski definition) is 4. The molecule has 140 valence electrons. The van der Waals surface area contributed by atoms with E-state index in [4.69, 9.17) is 16.3 Å². The zero-order valence-electron chi connectivity index (χ0n) is 15.2. The molecule has 0 aliphatic heterocycles. The molecule has 0 aliphatic rings. The van der Waals surface area contributed by atoms with E-state index < -0.39 is 24.3 Å². The lowest BCUT2D eigenvalue weighted by molar-refractivity contribution is -0.151. The minimum atomic E-state index is -0.519. The first kappa shape index (κ1) is 19.9. The Labute approximate surface area is 156 Å². The molecule has 2 aromatic rings. The van der Waals surface area contributed by atoms with Crippen LogP contribution in [0.5, 0.6) is 0 Å². The van der Waals surface area contributed by atoms with Gasteiger partial charge in [0.25, 0.3) is 5.91 Å². The standard InChI is InChI=1S/C18H21ClFN3O3/c1-11-13(12(2)23(4)21-11)8-18(25)26-10-17(24)22(3)9-14-15(19)6-5-7-16(14)20/h5-7H,8-10H2,1-4H3. The fourth-order valence-corrected chi connectivity index (χ4v) is 2.75. The fourth-order valence-electron chi connectivity index (χ4n) is 2.53. The van der Waals surface area contributed by atoms with Gasteiger partial charge in [0, 0.05) is 42.5 Å². The summed E-state index contributed by atoms with van der Waals surface area (Å²) in [4.78, 5) is 25.4. The molecular formula is C18H21ClFN3O3. The average molecular weight is 382 g/mol. The van der Waals surface area contributed by atoms with Gasteiger partial charge in [-0.05, 0) is 26.0 Å². The summed E-state index contributed by atoms with van der Waals surface area (Å²) < 4.78 is 20.5. The monoisotopic (exact) mass is 381 g/mol. The first-order chi connectivity index (χ1) is 12.2. The van der Waals surface area contributed by atoms with Gasteiger partial charge in [-0.25, -0.2) is 4.39 Å². The van der Waals surface area contributed by atoms with Crippen LogP contribution in [-0.4, -0.2) is 40.2 Å². The highest BCUT2D eigenvalue weighted by molar-refractivity contribution is 6.31. The molecule has 0 aliphatic carbocycles. The molecule has 0 saturated heterocycles.